The summed E-state index contributed by atoms with van der Waals surface area (Å²) in [5.74, 6) is -0.490. The zero-order chi connectivity index (χ0) is 13.7. The van der Waals surface area contributed by atoms with Crippen LogP contribution in [-0.2, 0) is 0 Å². The first-order valence-corrected chi connectivity index (χ1v) is 5.97. The summed E-state index contributed by atoms with van der Waals surface area (Å²) in [5.41, 5.74) is 12.7. The van der Waals surface area contributed by atoms with Gasteiger partial charge >= 0.3 is 0 Å². The van der Waals surface area contributed by atoms with Crippen molar-refractivity contribution in [2.24, 2.45) is 5.73 Å². The molecule has 100 valence electrons. The highest BCUT2D eigenvalue weighted by Gasteiger charge is 2.09. The third-order valence-corrected chi connectivity index (χ3v) is 2.84. The zero-order valence-electron chi connectivity index (χ0n) is 11.3. The second-order valence-corrected chi connectivity index (χ2v) is 4.71. The SMILES string of the molecule is CN(C)CCCN(C)c1ccc(N)c(C(N)=O)c1. The van der Waals surface area contributed by atoms with E-state index in [1.54, 1.807) is 12.1 Å². The van der Waals surface area contributed by atoms with Crippen LogP contribution in [0.3, 0.4) is 0 Å². The fourth-order valence-corrected chi connectivity index (χ4v) is 1.75. The number of carbonyl (C=O) groups is 1. The fourth-order valence-electron chi connectivity index (χ4n) is 1.75. The first-order chi connectivity index (χ1) is 8.41. The molecule has 5 nitrogen and oxygen atoms in total. The average molecular weight is 250 g/mol. The lowest BCUT2D eigenvalue weighted by molar-refractivity contribution is 0.100. The van der Waals surface area contributed by atoms with Crippen LogP contribution < -0.4 is 16.4 Å². The van der Waals surface area contributed by atoms with Gasteiger partial charge in [0, 0.05) is 25.0 Å². The van der Waals surface area contributed by atoms with Crippen LogP contribution in [0.2, 0.25) is 0 Å². The molecule has 0 bridgehead atoms. The number of nitrogen functional groups attached to an aromatic ring is 1. The van der Waals surface area contributed by atoms with E-state index in [0.717, 1.165) is 25.2 Å². The van der Waals surface area contributed by atoms with Crippen LogP contribution in [0.4, 0.5) is 11.4 Å². The first kappa shape index (κ1) is 14.3. The Labute approximate surface area is 108 Å². The molecule has 0 heterocycles. The number of hydrogen-bond acceptors (Lipinski definition) is 4. The highest BCUT2D eigenvalue weighted by Crippen LogP contribution is 2.20. The number of amides is 1. The van der Waals surface area contributed by atoms with Crippen molar-refractivity contribution in [2.75, 3.05) is 44.9 Å². The molecule has 0 fully saturated rings. The van der Waals surface area contributed by atoms with Crippen molar-refractivity contribution in [2.45, 2.75) is 6.42 Å². The average Bonchev–Trinajstić information content (AvgIpc) is 2.28. The van der Waals surface area contributed by atoms with Crippen molar-refractivity contribution in [1.29, 1.82) is 0 Å². The second kappa shape index (κ2) is 6.26. The summed E-state index contributed by atoms with van der Waals surface area (Å²) in [6.45, 7) is 1.95. The number of anilines is 2. The minimum absolute atomic E-state index is 0.381. The zero-order valence-corrected chi connectivity index (χ0v) is 11.3. The predicted octanol–water partition coefficient (Wildman–Crippen LogP) is 0.756. The topological polar surface area (TPSA) is 75.6 Å². The summed E-state index contributed by atoms with van der Waals surface area (Å²) in [6.07, 6.45) is 1.06. The third-order valence-electron chi connectivity index (χ3n) is 2.84. The van der Waals surface area contributed by atoms with Crippen LogP contribution >= 0.6 is 0 Å². The fraction of sp³-hybridized carbons (Fsp3) is 0.462. The van der Waals surface area contributed by atoms with E-state index in [4.69, 9.17) is 11.5 Å². The van der Waals surface area contributed by atoms with E-state index in [1.807, 2.05) is 13.1 Å². The summed E-state index contributed by atoms with van der Waals surface area (Å²) in [5, 5.41) is 0. The van der Waals surface area contributed by atoms with Gasteiger partial charge in [0.1, 0.15) is 0 Å². The van der Waals surface area contributed by atoms with Crippen LogP contribution in [0, 0.1) is 0 Å². The smallest absolute Gasteiger partial charge is 0.250 e. The van der Waals surface area contributed by atoms with Crippen molar-refractivity contribution in [3.05, 3.63) is 23.8 Å². The number of nitrogens with zero attached hydrogens (tertiary/aromatic N) is 2. The van der Waals surface area contributed by atoms with E-state index in [9.17, 15) is 4.79 Å². The molecule has 0 aliphatic carbocycles. The number of carbonyl (C=O) groups excluding carboxylic acids is 1. The summed E-state index contributed by atoms with van der Waals surface area (Å²) in [7, 11) is 6.09. The Balaban J connectivity index is 2.71. The Bertz CT molecular complexity index is 417. The van der Waals surface area contributed by atoms with Crippen molar-refractivity contribution in [3.63, 3.8) is 0 Å². The highest BCUT2D eigenvalue weighted by atomic mass is 16.1. The minimum atomic E-state index is -0.490. The van der Waals surface area contributed by atoms with Gasteiger partial charge in [0.05, 0.1) is 5.56 Å². The number of primary amides is 1. The van der Waals surface area contributed by atoms with Crippen LogP contribution in [0.5, 0.6) is 0 Å². The highest BCUT2D eigenvalue weighted by molar-refractivity contribution is 5.99. The first-order valence-electron chi connectivity index (χ1n) is 5.97. The molecule has 0 saturated heterocycles. The van der Waals surface area contributed by atoms with Gasteiger partial charge in [-0.2, -0.15) is 0 Å². The Hall–Kier alpha value is -1.75. The molecular formula is C13H22N4O. The molecule has 1 aromatic carbocycles. The minimum Gasteiger partial charge on any atom is -0.398 e. The monoisotopic (exact) mass is 250 g/mol. The van der Waals surface area contributed by atoms with Gasteiger partial charge in [-0.3, -0.25) is 4.79 Å². The number of hydrogen-bond donors (Lipinski definition) is 2. The van der Waals surface area contributed by atoms with Gasteiger partial charge in [0.15, 0.2) is 0 Å². The molecule has 0 unspecified atom stereocenters. The van der Waals surface area contributed by atoms with Crippen LogP contribution in [0.25, 0.3) is 0 Å². The molecule has 1 amide bonds. The molecule has 5 heteroatoms. The van der Waals surface area contributed by atoms with Crippen LogP contribution in [0.15, 0.2) is 18.2 Å². The van der Waals surface area contributed by atoms with Gasteiger partial charge in [-0.15, -0.1) is 0 Å². The molecule has 0 saturated carbocycles. The van der Waals surface area contributed by atoms with Crippen molar-refractivity contribution in [3.8, 4) is 0 Å². The largest absolute Gasteiger partial charge is 0.398 e. The molecule has 0 radical (unpaired) electrons. The van der Waals surface area contributed by atoms with Crippen LogP contribution in [0.1, 0.15) is 16.8 Å². The molecule has 1 aromatic rings. The summed E-state index contributed by atoms with van der Waals surface area (Å²) in [6, 6.07) is 5.36. The number of rotatable bonds is 6. The quantitative estimate of drug-likeness (QED) is 0.731. The third kappa shape index (κ3) is 3.92. The Kier molecular flexibility index (Phi) is 4.97. The predicted molar refractivity (Wildman–Crippen MR) is 75.8 cm³/mol. The van der Waals surface area contributed by atoms with E-state index in [1.165, 1.54) is 0 Å². The Morgan fingerprint density at radius 2 is 1.89 bits per heavy atom. The molecular weight excluding hydrogens is 228 g/mol. The normalized spacial score (nSPS) is 10.7. The van der Waals surface area contributed by atoms with Crippen molar-refractivity contribution in [1.82, 2.24) is 4.90 Å². The summed E-state index contributed by atoms with van der Waals surface area (Å²) >= 11 is 0. The maximum atomic E-state index is 11.2. The Morgan fingerprint density at radius 1 is 1.22 bits per heavy atom. The van der Waals surface area contributed by atoms with Crippen LogP contribution in [-0.4, -0.2) is 45.0 Å². The number of benzene rings is 1. The van der Waals surface area contributed by atoms with Gasteiger partial charge in [-0.1, -0.05) is 0 Å². The number of nitrogens with two attached hydrogens (primary N) is 2. The van der Waals surface area contributed by atoms with Gasteiger partial charge in [0.25, 0.3) is 5.91 Å². The molecule has 1 rings (SSSR count). The van der Waals surface area contributed by atoms with Crippen molar-refractivity contribution < 1.29 is 4.79 Å². The van der Waals surface area contributed by atoms with Gasteiger partial charge < -0.3 is 21.3 Å². The molecule has 0 spiro atoms. The lowest BCUT2D eigenvalue weighted by atomic mass is 10.1. The standard InChI is InChI=1S/C13H22N4O/c1-16(2)7-4-8-17(3)10-5-6-12(14)11(9-10)13(15)18/h5-6,9H,4,7-8,14H2,1-3H3,(H2,15,18). The molecule has 18 heavy (non-hydrogen) atoms. The maximum absolute atomic E-state index is 11.2. The molecule has 0 aromatic heterocycles. The molecule has 4 N–H and O–H groups in total. The Morgan fingerprint density at radius 3 is 2.44 bits per heavy atom. The van der Waals surface area contributed by atoms with E-state index in [2.05, 4.69) is 23.9 Å². The molecule has 0 aliphatic heterocycles. The van der Waals surface area contributed by atoms with E-state index < -0.39 is 5.91 Å². The van der Waals surface area contributed by atoms with E-state index >= 15 is 0 Å². The summed E-state index contributed by atoms with van der Waals surface area (Å²) < 4.78 is 0. The lowest BCUT2D eigenvalue weighted by Gasteiger charge is -2.21. The van der Waals surface area contributed by atoms with Gasteiger partial charge in [0.2, 0.25) is 0 Å². The van der Waals surface area contributed by atoms with Gasteiger partial charge in [-0.05, 0) is 45.3 Å². The van der Waals surface area contributed by atoms with Crippen molar-refractivity contribution >= 4 is 17.3 Å². The molecule has 0 aliphatic rings. The lowest BCUT2D eigenvalue weighted by Crippen LogP contribution is -2.24. The van der Waals surface area contributed by atoms with E-state index in [0.29, 0.717) is 11.3 Å². The maximum Gasteiger partial charge on any atom is 0.250 e. The second-order valence-electron chi connectivity index (χ2n) is 4.71. The summed E-state index contributed by atoms with van der Waals surface area (Å²) in [4.78, 5) is 15.5. The van der Waals surface area contributed by atoms with Gasteiger partial charge in [-0.25, -0.2) is 0 Å². The van der Waals surface area contributed by atoms with E-state index in [-0.39, 0.29) is 0 Å². The molecule has 0 atom stereocenters.